The number of anilines is 1. The van der Waals surface area contributed by atoms with Crippen molar-refractivity contribution in [2.24, 2.45) is 0 Å². The first-order valence-electron chi connectivity index (χ1n) is 7.91. The highest BCUT2D eigenvalue weighted by Crippen LogP contribution is 2.32. The fourth-order valence-electron chi connectivity index (χ4n) is 2.43. The maximum absolute atomic E-state index is 12.6. The Morgan fingerprint density at radius 2 is 2.07 bits per heavy atom. The second-order valence-corrected chi connectivity index (χ2v) is 8.19. The number of carbonyl (C=O) groups is 2. The molecule has 0 unspecified atom stereocenters. The standard InChI is InChI=1S/C19H15BrN2O3S2/c1-25-15-7-3-6-14(10-15)21-17(23)11-22-18(24)16(27-19(22)26)9-12-4-2-5-13(20)8-12/h2-10H,11H2,1H3,(H,21,23)/b16-9+. The molecule has 0 atom stereocenters. The van der Waals surface area contributed by atoms with Crippen LogP contribution in [0.2, 0.25) is 0 Å². The van der Waals surface area contributed by atoms with Crippen LogP contribution in [0.15, 0.2) is 57.9 Å². The van der Waals surface area contributed by atoms with Crippen LogP contribution in [0.4, 0.5) is 5.69 Å². The zero-order chi connectivity index (χ0) is 19.4. The molecule has 1 heterocycles. The predicted molar refractivity (Wildman–Crippen MR) is 116 cm³/mol. The van der Waals surface area contributed by atoms with E-state index < -0.39 is 0 Å². The van der Waals surface area contributed by atoms with Gasteiger partial charge in [0, 0.05) is 16.2 Å². The first kappa shape index (κ1) is 19.6. The molecule has 27 heavy (non-hydrogen) atoms. The fourth-order valence-corrected chi connectivity index (χ4v) is 4.10. The molecule has 0 aromatic heterocycles. The molecule has 0 saturated carbocycles. The van der Waals surface area contributed by atoms with Crippen LogP contribution in [-0.4, -0.2) is 34.7 Å². The lowest BCUT2D eigenvalue weighted by Gasteiger charge is -2.14. The quantitative estimate of drug-likeness (QED) is 0.530. The molecule has 8 heteroatoms. The number of carbonyl (C=O) groups excluding carboxylic acids is 2. The molecule has 0 spiro atoms. The van der Waals surface area contributed by atoms with Gasteiger partial charge in [-0.25, -0.2) is 0 Å². The van der Waals surface area contributed by atoms with E-state index in [9.17, 15) is 9.59 Å². The minimum Gasteiger partial charge on any atom is -0.497 e. The zero-order valence-electron chi connectivity index (χ0n) is 14.3. The van der Waals surface area contributed by atoms with Crippen molar-refractivity contribution in [2.45, 2.75) is 0 Å². The second kappa shape index (κ2) is 8.69. The number of benzene rings is 2. The van der Waals surface area contributed by atoms with E-state index in [-0.39, 0.29) is 18.4 Å². The topological polar surface area (TPSA) is 58.6 Å². The Balaban J connectivity index is 1.69. The number of thiocarbonyl (C=S) groups is 1. The lowest BCUT2D eigenvalue weighted by molar-refractivity contribution is -0.126. The molecule has 1 aliphatic heterocycles. The highest BCUT2D eigenvalue weighted by Gasteiger charge is 2.33. The van der Waals surface area contributed by atoms with E-state index in [1.54, 1.807) is 37.5 Å². The summed E-state index contributed by atoms with van der Waals surface area (Å²) in [6.45, 7) is -0.141. The van der Waals surface area contributed by atoms with E-state index in [0.717, 1.165) is 10.0 Å². The lowest BCUT2D eigenvalue weighted by atomic mass is 10.2. The molecule has 1 aliphatic rings. The van der Waals surface area contributed by atoms with Crippen molar-refractivity contribution in [3.05, 3.63) is 63.5 Å². The van der Waals surface area contributed by atoms with Crippen molar-refractivity contribution in [3.8, 4) is 5.75 Å². The van der Waals surface area contributed by atoms with Crippen LogP contribution < -0.4 is 10.1 Å². The summed E-state index contributed by atoms with van der Waals surface area (Å²) in [5.74, 6) is 0.0318. The molecular weight excluding hydrogens is 448 g/mol. The number of hydrogen-bond acceptors (Lipinski definition) is 5. The monoisotopic (exact) mass is 462 g/mol. The molecule has 138 valence electrons. The van der Waals surface area contributed by atoms with E-state index in [2.05, 4.69) is 21.2 Å². The second-order valence-electron chi connectivity index (χ2n) is 5.60. The van der Waals surface area contributed by atoms with Gasteiger partial charge in [-0.15, -0.1) is 0 Å². The number of rotatable bonds is 5. The van der Waals surface area contributed by atoms with Crippen LogP contribution in [0.5, 0.6) is 5.75 Å². The normalized spacial score (nSPS) is 15.3. The molecule has 5 nitrogen and oxygen atoms in total. The molecule has 1 fully saturated rings. The van der Waals surface area contributed by atoms with E-state index in [1.165, 1.54) is 16.7 Å². The lowest BCUT2D eigenvalue weighted by Crippen LogP contribution is -2.36. The summed E-state index contributed by atoms with van der Waals surface area (Å²) in [7, 11) is 1.55. The Labute approximate surface area is 174 Å². The largest absolute Gasteiger partial charge is 0.497 e. The highest BCUT2D eigenvalue weighted by atomic mass is 79.9. The minimum atomic E-state index is -0.330. The summed E-state index contributed by atoms with van der Waals surface area (Å²) >= 11 is 9.87. The summed E-state index contributed by atoms with van der Waals surface area (Å²) < 4.78 is 6.42. The Morgan fingerprint density at radius 1 is 1.30 bits per heavy atom. The minimum absolute atomic E-state index is 0.141. The summed E-state index contributed by atoms with van der Waals surface area (Å²) in [6, 6.07) is 14.6. The predicted octanol–water partition coefficient (Wildman–Crippen LogP) is 4.30. The zero-order valence-corrected chi connectivity index (χ0v) is 17.5. The van der Waals surface area contributed by atoms with Gasteiger partial charge in [-0.3, -0.25) is 14.5 Å². The molecule has 1 saturated heterocycles. The summed E-state index contributed by atoms with van der Waals surface area (Å²) in [4.78, 5) is 26.8. The van der Waals surface area contributed by atoms with Gasteiger partial charge < -0.3 is 10.1 Å². The highest BCUT2D eigenvalue weighted by molar-refractivity contribution is 9.10. The number of nitrogens with zero attached hydrogens (tertiary/aromatic N) is 1. The number of methoxy groups -OCH3 is 1. The number of ether oxygens (including phenoxy) is 1. The van der Waals surface area contributed by atoms with Crippen molar-refractivity contribution in [1.29, 1.82) is 0 Å². The maximum atomic E-state index is 12.6. The van der Waals surface area contributed by atoms with E-state index in [1.807, 2.05) is 24.3 Å². The Kier molecular flexibility index (Phi) is 6.30. The average Bonchev–Trinajstić information content (AvgIpc) is 2.89. The van der Waals surface area contributed by atoms with Crippen LogP contribution in [0.25, 0.3) is 6.08 Å². The number of halogens is 1. The van der Waals surface area contributed by atoms with Gasteiger partial charge in [0.15, 0.2) is 0 Å². The first-order valence-corrected chi connectivity index (χ1v) is 9.93. The van der Waals surface area contributed by atoms with Crippen LogP contribution in [0.1, 0.15) is 5.56 Å². The van der Waals surface area contributed by atoms with Crippen LogP contribution in [0.3, 0.4) is 0 Å². The molecule has 0 bridgehead atoms. The van der Waals surface area contributed by atoms with Gasteiger partial charge in [-0.2, -0.15) is 0 Å². The van der Waals surface area contributed by atoms with E-state index >= 15 is 0 Å². The summed E-state index contributed by atoms with van der Waals surface area (Å²) in [6.07, 6.45) is 1.77. The molecule has 3 rings (SSSR count). The van der Waals surface area contributed by atoms with Gasteiger partial charge in [-0.1, -0.05) is 58.1 Å². The van der Waals surface area contributed by atoms with Crippen LogP contribution in [0, 0.1) is 0 Å². The van der Waals surface area contributed by atoms with Crippen molar-refractivity contribution in [3.63, 3.8) is 0 Å². The first-order chi connectivity index (χ1) is 13.0. The Hall–Kier alpha value is -2.16. The Morgan fingerprint density at radius 3 is 2.81 bits per heavy atom. The third kappa shape index (κ3) is 4.97. The van der Waals surface area contributed by atoms with Crippen LogP contribution >= 0.6 is 39.9 Å². The summed E-state index contributed by atoms with van der Waals surface area (Å²) in [5, 5.41) is 2.75. The number of hydrogen-bond donors (Lipinski definition) is 1. The van der Waals surface area contributed by atoms with E-state index in [4.69, 9.17) is 17.0 Å². The smallest absolute Gasteiger partial charge is 0.266 e. The van der Waals surface area contributed by atoms with Crippen LogP contribution in [-0.2, 0) is 9.59 Å². The third-order valence-electron chi connectivity index (χ3n) is 3.68. The molecule has 1 N–H and O–H groups in total. The van der Waals surface area contributed by atoms with Gasteiger partial charge >= 0.3 is 0 Å². The van der Waals surface area contributed by atoms with E-state index in [0.29, 0.717) is 20.7 Å². The molecule has 2 aromatic rings. The number of thioether (sulfide) groups is 1. The SMILES string of the molecule is COc1cccc(NC(=O)CN2C(=O)/C(=C\c3cccc(Br)c3)SC2=S)c1. The molecule has 2 amide bonds. The average molecular weight is 463 g/mol. The van der Waals surface area contributed by atoms with Crippen molar-refractivity contribution >= 4 is 67.8 Å². The van der Waals surface area contributed by atoms with Gasteiger partial charge in [0.2, 0.25) is 5.91 Å². The number of amides is 2. The van der Waals surface area contributed by atoms with Gasteiger partial charge in [0.25, 0.3) is 5.91 Å². The maximum Gasteiger partial charge on any atom is 0.266 e. The van der Waals surface area contributed by atoms with Gasteiger partial charge in [0.1, 0.15) is 16.6 Å². The van der Waals surface area contributed by atoms with Crippen molar-refractivity contribution in [2.75, 3.05) is 19.0 Å². The van der Waals surface area contributed by atoms with Crippen molar-refractivity contribution in [1.82, 2.24) is 4.90 Å². The molecular formula is C19H15BrN2O3S2. The van der Waals surface area contributed by atoms with Gasteiger partial charge in [-0.05, 0) is 35.9 Å². The molecule has 2 aromatic carbocycles. The van der Waals surface area contributed by atoms with Crippen molar-refractivity contribution < 1.29 is 14.3 Å². The third-order valence-corrected chi connectivity index (χ3v) is 5.55. The molecule has 0 radical (unpaired) electrons. The fraction of sp³-hybridized carbons (Fsp3) is 0.105. The Bertz CT molecular complexity index is 946. The number of nitrogens with one attached hydrogen (secondary N) is 1. The molecule has 0 aliphatic carbocycles. The summed E-state index contributed by atoms with van der Waals surface area (Å²) in [5.41, 5.74) is 1.47. The van der Waals surface area contributed by atoms with Gasteiger partial charge in [0.05, 0.1) is 12.0 Å².